The molecule has 0 saturated heterocycles. The maximum Gasteiger partial charge on any atom is 0.379 e. The van der Waals surface area contributed by atoms with E-state index in [0.29, 0.717) is 5.56 Å². The number of carbonyl (C=O) groups is 2. The van der Waals surface area contributed by atoms with Crippen molar-refractivity contribution in [3.63, 3.8) is 0 Å². The average molecular weight is 284 g/mol. The molecule has 3 nitrogen and oxygen atoms in total. The molecule has 0 N–H and O–H groups in total. The van der Waals surface area contributed by atoms with E-state index in [4.69, 9.17) is 4.74 Å². The quantitative estimate of drug-likeness (QED) is 0.417. The van der Waals surface area contributed by atoms with Crippen LogP contribution in [0.25, 0.3) is 20.2 Å². The van der Waals surface area contributed by atoms with Crippen LogP contribution in [0, 0.1) is 0 Å². The van der Waals surface area contributed by atoms with Gasteiger partial charge in [-0.25, -0.2) is 4.79 Å². The molecule has 0 aliphatic carbocycles. The van der Waals surface area contributed by atoms with Gasteiger partial charge in [-0.05, 0) is 31.2 Å². The number of ketones is 1. The van der Waals surface area contributed by atoms with Crippen LogP contribution in [-0.2, 0) is 9.53 Å². The molecule has 0 amide bonds. The first-order valence-corrected chi connectivity index (χ1v) is 7.15. The number of hydrogen-bond donors (Lipinski definition) is 0. The molecule has 3 aromatic rings. The van der Waals surface area contributed by atoms with Crippen molar-refractivity contribution in [3.8, 4) is 0 Å². The van der Waals surface area contributed by atoms with E-state index >= 15 is 0 Å². The van der Waals surface area contributed by atoms with E-state index in [9.17, 15) is 9.59 Å². The third-order valence-corrected chi connectivity index (χ3v) is 4.25. The zero-order chi connectivity index (χ0) is 14.1. The molecule has 0 bridgehead atoms. The van der Waals surface area contributed by atoms with Gasteiger partial charge in [0, 0.05) is 25.7 Å². The van der Waals surface area contributed by atoms with Crippen molar-refractivity contribution in [1.29, 1.82) is 0 Å². The van der Waals surface area contributed by atoms with Crippen LogP contribution in [0.4, 0.5) is 0 Å². The maximum atomic E-state index is 12.0. The summed E-state index contributed by atoms with van der Waals surface area (Å²) in [5, 5.41) is 2.10. The molecule has 0 unspecified atom stereocenters. The van der Waals surface area contributed by atoms with Crippen LogP contribution >= 0.6 is 11.3 Å². The Morgan fingerprint density at radius 3 is 2.60 bits per heavy atom. The fraction of sp³-hybridized carbons (Fsp3) is 0.125. The Morgan fingerprint density at radius 1 is 1.05 bits per heavy atom. The number of ether oxygens (including phenoxy) is 1. The summed E-state index contributed by atoms with van der Waals surface area (Å²) in [6, 6.07) is 13.4. The maximum absolute atomic E-state index is 12.0. The van der Waals surface area contributed by atoms with E-state index in [1.807, 2.05) is 30.3 Å². The summed E-state index contributed by atoms with van der Waals surface area (Å²) in [5.74, 6) is -1.39. The van der Waals surface area contributed by atoms with Gasteiger partial charge in [0.25, 0.3) is 5.78 Å². The summed E-state index contributed by atoms with van der Waals surface area (Å²) in [7, 11) is 0. The molecule has 2 aromatic carbocycles. The molecule has 0 atom stereocenters. The van der Waals surface area contributed by atoms with Crippen molar-refractivity contribution in [2.45, 2.75) is 6.92 Å². The van der Waals surface area contributed by atoms with Crippen molar-refractivity contribution in [2.24, 2.45) is 0 Å². The number of fused-ring (bicyclic) bond motifs is 3. The predicted octanol–water partition coefficient (Wildman–Crippen LogP) is 3.80. The smallest absolute Gasteiger partial charge is 0.379 e. The van der Waals surface area contributed by atoms with Gasteiger partial charge in [-0.1, -0.05) is 18.2 Å². The Labute approximate surface area is 119 Å². The van der Waals surface area contributed by atoms with E-state index in [2.05, 4.69) is 0 Å². The molecule has 1 heterocycles. The summed E-state index contributed by atoms with van der Waals surface area (Å²) in [6.07, 6.45) is 0. The lowest BCUT2D eigenvalue weighted by Crippen LogP contribution is -2.17. The lowest BCUT2D eigenvalue weighted by molar-refractivity contribution is -0.137. The molecule has 0 saturated carbocycles. The van der Waals surface area contributed by atoms with Crippen LogP contribution in [0.2, 0.25) is 0 Å². The lowest BCUT2D eigenvalue weighted by Gasteiger charge is -2.01. The minimum atomic E-state index is -0.800. The van der Waals surface area contributed by atoms with E-state index in [1.165, 1.54) is 4.70 Å². The Morgan fingerprint density at radius 2 is 1.80 bits per heavy atom. The third kappa shape index (κ3) is 2.08. The number of rotatable bonds is 3. The highest BCUT2D eigenvalue weighted by atomic mass is 32.1. The van der Waals surface area contributed by atoms with Gasteiger partial charge in [0.2, 0.25) is 0 Å². The highest BCUT2D eigenvalue weighted by molar-refractivity contribution is 7.25. The van der Waals surface area contributed by atoms with E-state index in [1.54, 1.807) is 30.4 Å². The second-order valence-electron chi connectivity index (χ2n) is 4.36. The molecule has 100 valence electrons. The van der Waals surface area contributed by atoms with Gasteiger partial charge >= 0.3 is 5.97 Å². The van der Waals surface area contributed by atoms with Crippen LogP contribution in [0.3, 0.4) is 0 Å². The Balaban J connectivity index is 2.12. The number of thiophene rings is 1. The lowest BCUT2D eigenvalue weighted by atomic mass is 10.1. The van der Waals surface area contributed by atoms with Crippen molar-refractivity contribution >= 4 is 43.3 Å². The molecule has 1 aromatic heterocycles. The van der Waals surface area contributed by atoms with Crippen molar-refractivity contribution in [2.75, 3.05) is 6.61 Å². The van der Waals surface area contributed by atoms with Crippen LogP contribution in [0.15, 0.2) is 42.5 Å². The minimum Gasteiger partial charge on any atom is -0.460 e. The second-order valence-corrected chi connectivity index (χ2v) is 5.44. The van der Waals surface area contributed by atoms with E-state index in [-0.39, 0.29) is 6.61 Å². The first-order chi connectivity index (χ1) is 9.70. The normalized spacial score (nSPS) is 10.8. The highest BCUT2D eigenvalue weighted by Crippen LogP contribution is 2.34. The molecule has 0 aliphatic rings. The molecule has 20 heavy (non-hydrogen) atoms. The van der Waals surface area contributed by atoms with Crippen LogP contribution < -0.4 is 0 Å². The predicted molar refractivity (Wildman–Crippen MR) is 80.3 cm³/mol. The van der Waals surface area contributed by atoms with Crippen molar-refractivity contribution in [3.05, 3.63) is 48.0 Å². The zero-order valence-corrected chi connectivity index (χ0v) is 11.7. The SMILES string of the molecule is CCOC(=O)C(=O)c1ccc2sc3ccccc3c2c1. The third-order valence-electron chi connectivity index (χ3n) is 3.10. The second kappa shape index (κ2) is 5.06. The van der Waals surface area contributed by atoms with Gasteiger partial charge < -0.3 is 4.74 Å². The molecule has 4 heteroatoms. The van der Waals surface area contributed by atoms with Crippen molar-refractivity contribution < 1.29 is 14.3 Å². The van der Waals surface area contributed by atoms with E-state index in [0.717, 1.165) is 15.5 Å². The summed E-state index contributed by atoms with van der Waals surface area (Å²) in [5.41, 5.74) is 0.375. The number of benzene rings is 2. The fourth-order valence-corrected chi connectivity index (χ4v) is 3.27. The molecular weight excluding hydrogens is 272 g/mol. The Hall–Kier alpha value is -2.20. The Kier molecular flexibility index (Phi) is 3.24. The molecule has 0 radical (unpaired) electrons. The standard InChI is InChI=1S/C16H12O3S/c1-2-19-16(18)15(17)10-7-8-14-12(9-10)11-5-3-4-6-13(11)20-14/h3-9H,2H2,1H3. The largest absolute Gasteiger partial charge is 0.460 e. The van der Waals surface area contributed by atoms with Gasteiger partial charge in [0.15, 0.2) is 0 Å². The van der Waals surface area contributed by atoms with Gasteiger partial charge in [-0.15, -0.1) is 11.3 Å². The molecule has 0 fully saturated rings. The van der Waals surface area contributed by atoms with Gasteiger partial charge in [-0.2, -0.15) is 0 Å². The average Bonchev–Trinajstić information content (AvgIpc) is 2.84. The summed E-state index contributed by atoms with van der Waals surface area (Å²) in [4.78, 5) is 23.5. The Bertz CT molecular complexity index is 817. The topological polar surface area (TPSA) is 43.4 Å². The van der Waals surface area contributed by atoms with Gasteiger partial charge in [0.1, 0.15) is 0 Å². The van der Waals surface area contributed by atoms with Crippen LogP contribution in [-0.4, -0.2) is 18.4 Å². The van der Waals surface area contributed by atoms with Gasteiger partial charge in [-0.3, -0.25) is 4.79 Å². The summed E-state index contributed by atoms with van der Waals surface area (Å²) < 4.78 is 7.03. The zero-order valence-electron chi connectivity index (χ0n) is 10.9. The number of hydrogen-bond acceptors (Lipinski definition) is 4. The number of Topliss-reactive ketones (excluding diaryl/α,β-unsaturated/α-hetero) is 1. The van der Waals surface area contributed by atoms with Crippen LogP contribution in [0.1, 0.15) is 17.3 Å². The first-order valence-electron chi connectivity index (χ1n) is 6.33. The summed E-state index contributed by atoms with van der Waals surface area (Å²) >= 11 is 1.67. The molecule has 3 rings (SSSR count). The number of esters is 1. The molecular formula is C16H12O3S. The highest BCUT2D eigenvalue weighted by Gasteiger charge is 2.18. The van der Waals surface area contributed by atoms with Crippen molar-refractivity contribution in [1.82, 2.24) is 0 Å². The van der Waals surface area contributed by atoms with Crippen LogP contribution in [0.5, 0.6) is 0 Å². The van der Waals surface area contributed by atoms with E-state index < -0.39 is 11.8 Å². The molecule has 0 aliphatic heterocycles. The minimum absolute atomic E-state index is 0.203. The van der Waals surface area contributed by atoms with Gasteiger partial charge in [0.05, 0.1) is 6.61 Å². The number of carbonyl (C=O) groups excluding carboxylic acids is 2. The molecule has 0 spiro atoms. The monoisotopic (exact) mass is 284 g/mol. The summed E-state index contributed by atoms with van der Waals surface area (Å²) in [6.45, 7) is 1.88. The first kappa shape index (κ1) is 12.8. The fourth-order valence-electron chi connectivity index (χ4n) is 2.18.